The van der Waals surface area contributed by atoms with Crippen LogP contribution in [-0.2, 0) is 18.4 Å². The van der Waals surface area contributed by atoms with Gasteiger partial charge in [0.2, 0.25) is 0 Å². The molecule has 1 N–H and O–H groups in total. The van der Waals surface area contributed by atoms with Gasteiger partial charge in [-0.2, -0.15) is 0 Å². The molecule has 0 amide bonds. The van der Waals surface area contributed by atoms with Gasteiger partial charge in [0, 0.05) is 30.0 Å². The van der Waals surface area contributed by atoms with Gasteiger partial charge >= 0.3 is 0 Å². The molecule has 1 aromatic heterocycles. The van der Waals surface area contributed by atoms with Crippen LogP contribution in [0.4, 0.5) is 0 Å². The second-order valence-electron chi connectivity index (χ2n) is 7.14. The van der Waals surface area contributed by atoms with Crippen LogP contribution in [0.5, 0.6) is 0 Å². The molecule has 0 saturated carbocycles. The quantitative estimate of drug-likeness (QED) is 0.842. The molecule has 3 heteroatoms. The molecule has 0 aliphatic carbocycles. The Bertz CT molecular complexity index is 447. The molecular formula is C16H27N3. The molecule has 1 fully saturated rings. The fourth-order valence-electron chi connectivity index (χ4n) is 3.57. The smallest absolute Gasteiger partial charge is 0.109 e. The van der Waals surface area contributed by atoms with Crippen LogP contribution < -0.4 is 5.32 Å². The molecule has 19 heavy (non-hydrogen) atoms. The predicted octanol–water partition coefficient (Wildman–Crippen LogP) is 2.98. The maximum Gasteiger partial charge on any atom is 0.109 e. The number of rotatable bonds is 1. The van der Waals surface area contributed by atoms with E-state index in [4.69, 9.17) is 4.98 Å². The zero-order chi connectivity index (χ0) is 13.5. The van der Waals surface area contributed by atoms with Gasteiger partial charge < -0.3 is 9.88 Å². The van der Waals surface area contributed by atoms with Crippen molar-refractivity contribution in [3.63, 3.8) is 0 Å². The number of aromatic nitrogens is 2. The van der Waals surface area contributed by atoms with Crippen LogP contribution in [0.25, 0.3) is 0 Å². The van der Waals surface area contributed by atoms with E-state index in [0.29, 0.717) is 0 Å². The van der Waals surface area contributed by atoms with Gasteiger partial charge in [-0.1, -0.05) is 20.8 Å². The number of fused-ring (bicyclic) bond motifs is 1. The summed E-state index contributed by atoms with van der Waals surface area (Å²) >= 11 is 0. The van der Waals surface area contributed by atoms with Crippen LogP contribution in [-0.4, -0.2) is 22.6 Å². The van der Waals surface area contributed by atoms with Gasteiger partial charge in [0.25, 0.3) is 0 Å². The van der Waals surface area contributed by atoms with Crippen LogP contribution >= 0.6 is 0 Å². The lowest BCUT2D eigenvalue weighted by molar-refractivity contribution is 0.415. The van der Waals surface area contributed by atoms with E-state index in [1.54, 1.807) is 5.69 Å². The first-order valence-corrected chi connectivity index (χ1v) is 7.88. The molecule has 0 aromatic carbocycles. The maximum absolute atomic E-state index is 5.04. The minimum atomic E-state index is 0.171. The molecule has 0 spiro atoms. The first-order valence-electron chi connectivity index (χ1n) is 7.88. The summed E-state index contributed by atoms with van der Waals surface area (Å²) < 4.78 is 2.57. The monoisotopic (exact) mass is 261 g/mol. The molecule has 106 valence electrons. The van der Waals surface area contributed by atoms with Crippen molar-refractivity contribution in [2.75, 3.05) is 13.1 Å². The van der Waals surface area contributed by atoms with E-state index in [-0.39, 0.29) is 5.41 Å². The van der Waals surface area contributed by atoms with E-state index >= 15 is 0 Å². The standard InChI is InChI=1S/C16H27N3/c1-16(2,3)15-14(12-7-9-17-10-8-12)19-11-5-4-6-13(19)18-15/h12,17H,4-11H2,1-3H3. The normalized spacial score (nSPS) is 21.4. The maximum atomic E-state index is 5.04. The second kappa shape index (κ2) is 4.93. The van der Waals surface area contributed by atoms with Crippen molar-refractivity contribution in [2.24, 2.45) is 0 Å². The summed E-state index contributed by atoms with van der Waals surface area (Å²) in [7, 11) is 0. The van der Waals surface area contributed by atoms with E-state index < -0.39 is 0 Å². The lowest BCUT2D eigenvalue weighted by atomic mass is 9.84. The van der Waals surface area contributed by atoms with Gasteiger partial charge in [0.15, 0.2) is 0 Å². The lowest BCUT2D eigenvalue weighted by Gasteiger charge is -2.29. The second-order valence-corrected chi connectivity index (χ2v) is 7.14. The predicted molar refractivity (Wildman–Crippen MR) is 78.7 cm³/mol. The highest BCUT2D eigenvalue weighted by molar-refractivity contribution is 5.29. The van der Waals surface area contributed by atoms with Gasteiger partial charge in [-0.15, -0.1) is 0 Å². The largest absolute Gasteiger partial charge is 0.331 e. The number of nitrogens with zero attached hydrogens (tertiary/aromatic N) is 2. The summed E-state index contributed by atoms with van der Waals surface area (Å²) in [6.45, 7) is 10.4. The number of hydrogen-bond acceptors (Lipinski definition) is 2. The molecule has 1 aromatic rings. The summed E-state index contributed by atoms with van der Waals surface area (Å²) in [6, 6.07) is 0. The molecule has 0 radical (unpaired) electrons. The van der Waals surface area contributed by atoms with Crippen molar-refractivity contribution in [3.05, 3.63) is 17.2 Å². The number of aryl methyl sites for hydroxylation is 1. The average Bonchev–Trinajstić information content (AvgIpc) is 2.79. The van der Waals surface area contributed by atoms with Crippen molar-refractivity contribution in [1.29, 1.82) is 0 Å². The Morgan fingerprint density at radius 2 is 1.89 bits per heavy atom. The molecule has 0 atom stereocenters. The van der Waals surface area contributed by atoms with E-state index in [1.807, 2.05) is 0 Å². The van der Waals surface area contributed by atoms with Crippen LogP contribution in [0.3, 0.4) is 0 Å². The van der Waals surface area contributed by atoms with Crippen molar-refractivity contribution in [3.8, 4) is 0 Å². The SMILES string of the molecule is CC(C)(C)c1nc2n(c1C1CCNCC1)CCCC2. The Balaban J connectivity index is 2.05. The Kier molecular flexibility index (Phi) is 3.42. The third-order valence-electron chi connectivity index (χ3n) is 4.55. The highest BCUT2D eigenvalue weighted by atomic mass is 15.1. The highest BCUT2D eigenvalue weighted by Crippen LogP contribution is 2.36. The Hall–Kier alpha value is -0.830. The van der Waals surface area contributed by atoms with E-state index in [9.17, 15) is 0 Å². The minimum Gasteiger partial charge on any atom is -0.331 e. The first-order chi connectivity index (χ1) is 9.07. The molecule has 0 bridgehead atoms. The zero-order valence-corrected chi connectivity index (χ0v) is 12.6. The van der Waals surface area contributed by atoms with Crippen molar-refractivity contribution in [2.45, 2.75) is 70.8 Å². The van der Waals surface area contributed by atoms with Gasteiger partial charge in [0.05, 0.1) is 5.69 Å². The van der Waals surface area contributed by atoms with Crippen molar-refractivity contribution < 1.29 is 0 Å². The number of nitrogens with one attached hydrogen (secondary N) is 1. The van der Waals surface area contributed by atoms with Crippen LogP contribution in [0.15, 0.2) is 0 Å². The molecule has 1 saturated heterocycles. The Morgan fingerprint density at radius 3 is 2.58 bits per heavy atom. The van der Waals surface area contributed by atoms with Crippen LogP contribution in [0.2, 0.25) is 0 Å². The average molecular weight is 261 g/mol. The number of hydrogen-bond donors (Lipinski definition) is 1. The molecule has 2 aliphatic rings. The van der Waals surface area contributed by atoms with Gasteiger partial charge in [0.1, 0.15) is 5.82 Å². The Morgan fingerprint density at radius 1 is 1.16 bits per heavy atom. The molecule has 2 aliphatic heterocycles. The summed E-state index contributed by atoms with van der Waals surface area (Å²) in [5.41, 5.74) is 3.12. The zero-order valence-electron chi connectivity index (χ0n) is 12.6. The van der Waals surface area contributed by atoms with Gasteiger partial charge in [-0.25, -0.2) is 4.98 Å². The van der Waals surface area contributed by atoms with E-state index in [0.717, 1.165) is 19.0 Å². The molecule has 3 heterocycles. The van der Waals surface area contributed by atoms with Crippen molar-refractivity contribution >= 4 is 0 Å². The van der Waals surface area contributed by atoms with Gasteiger partial charge in [-0.3, -0.25) is 0 Å². The summed E-state index contributed by atoms with van der Waals surface area (Å²) in [5.74, 6) is 2.07. The summed E-state index contributed by atoms with van der Waals surface area (Å²) in [4.78, 5) is 5.04. The molecular weight excluding hydrogens is 234 g/mol. The highest BCUT2D eigenvalue weighted by Gasteiger charge is 2.31. The van der Waals surface area contributed by atoms with Gasteiger partial charge in [-0.05, 0) is 38.8 Å². The first kappa shape index (κ1) is 13.2. The third kappa shape index (κ3) is 2.45. The lowest BCUT2D eigenvalue weighted by Crippen LogP contribution is -2.30. The summed E-state index contributed by atoms with van der Waals surface area (Å²) in [5, 5.41) is 3.49. The van der Waals surface area contributed by atoms with E-state index in [2.05, 4.69) is 30.7 Å². The third-order valence-corrected chi connectivity index (χ3v) is 4.55. The molecule has 0 unspecified atom stereocenters. The fourth-order valence-corrected chi connectivity index (χ4v) is 3.57. The number of piperidine rings is 1. The Labute approximate surface area is 116 Å². The molecule has 3 rings (SSSR count). The van der Waals surface area contributed by atoms with E-state index in [1.165, 1.54) is 50.2 Å². The fraction of sp³-hybridized carbons (Fsp3) is 0.812. The number of imidazole rings is 1. The molecule has 3 nitrogen and oxygen atoms in total. The van der Waals surface area contributed by atoms with Crippen LogP contribution in [0, 0.1) is 0 Å². The van der Waals surface area contributed by atoms with Crippen molar-refractivity contribution in [1.82, 2.24) is 14.9 Å². The van der Waals surface area contributed by atoms with Crippen LogP contribution in [0.1, 0.15) is 69.6 Å². The minimum absolute atomic E-state index is 0.171. The summed E-state index contributed by atoms with van der Waals surface area (Å²) in [6.07, 6.45) is 6.35. The topological polar surface area (TPSA) is 29.9 Å².